The van der Waals surface area contributed by atoms with Gasteiger partial charge in [0, 0.05) is 31.5 Å². The molecule has 1 aliphatic rings. The summed E-state index contributed by atoms with van der Waals surface area (Å²) in [5.41, 5.74) is 1.01. The lowest BCUT2D eigenvalue weighted by molar-refractivity contribution is 0.0223. The van der Waals surface area contributed by atoms with Crippen LogP contribution in [0.4, 0.5) is 0 Å². The van der Waals surface area contributed by atoms with Crippen LogP contribution in [-0.4, -0.2) is 53.9 Å². The third kappa shape index (κ3) is 3.48. The molecule has 1 saturated heterocycles. The first-order valence-electron chi connectivity index (χ1n) is 5.64. The lowest BCUT2D eigenvalue weighted by atomic mass is 10.2. The summed E-state index contributed by atoms with van der Waals surface area (Å²) in [6, 6.07) is 3.91. The van der Waals surface area contributed by atoms with Crippen LogP contribution < -0.4 is 0 Å². The zero-order valence-electron chi connectivity index (χ0n) is 9.30. The summed E-state index contributed by atoms with van der Waals surface area (Å²) < 4.78 is 5.25. The number of H-pyrrole nitrogens is 1. The molecule has 1 aromatic rings. The summed E-state index contributed by atoms with van der Waals surface area (Å²) in [6.45, 7) is 4.04. The minimum absolute atomic E-state index is 0.415. The highest BCUT2D eigenvalue weighted by Crippen LogP contribution is 2.02. The average molecular weight is 222 g/mol. The molecule has 2 N–H and O–H groups in total. The van der Waals surface area contributed by atoms with E-state index in [-0.39, 0.29) is 0 Å². The molecule has 16 heavy (non-hydrogen) atoms. The number of aromatic amines is 1. The highest BCUT2D eigenvalue weighted by molar-refractivity contribution is 5.44. The summed E-state index contributed by atoms with van der Waals surface area (Å²) in [4.78, 5) is 5.28. The number of hydrogen-bond donors (Lipinski definition) is 2. The molecule has 1 aliphatic heterocycles. The van der Waals surface area contributed by atoms with Gasteiger partial charge >= 0.3 is 0 Å². The van der Waals surface area contributed by atoms with Crippen LogP contribution in [0, 0.1) is 0 Å². The molecule has 0 aliphatic carbocycles. The second-order valence-electron chi connectivity index (χ2n) is 3.96. The Bertz CT molecular complexity index is 316. The van der Waals surface area contributed by atoms with Gasteiger partial charge in [-0.1, -0.05) is 6.08 Å². The zero-order chi connectivity index (χ0) is 11.2. The fourth-order valence-corrected chi connectivity index (χ4v) is 1.77. The first-order valence-corrected chi connectivity index (χ1v) is 5.64. The quantitative estimate of drug-likeness (QED) is 0.789. The Morgan fingerprint density at radius 2 is 2.31 bits per heavy atom. The Kier molecular flexibility index (Phi) is 4.16. The number of ether oxygens (including phenoxy) is 1. The van der Waals surface area contributed by atoms with Crippen LogP contribution in [0.2, 0.25) is 0 Å². The van der Waals surface area contributed by atoms with Crippen molar-refractivity contribution >= 4 is 6.08 Å². The van der Waals surface area contributed by atoms with Gasteiger partial charge in [0.05, 0.1) is 19.3 Å². The molecule has 0 saturated carbocycles. The Balaban J connectivity index is 1.77. The molecule has 0 radical (unpaired) electrons. The Labute approximate surface area is 95.5 Å². The van der Waals surface area contributed by atoms with E-state index in [1.807, 2.05) is 30.5 Å². The van der Waals surface area contributed by atoms with Crippen LogP contribution in [0.15, 0.2) is 24.4 Å². The van der Waals surface area contributed by atoms with E-state index < -0.39 is 6.10 Å². The first-order chi connectivity index (χ1) is 7.84. The largest absolute Gasteiger partial charge is 0.388 e. The molecule has 1 aromatic heterocycles. The van der Waals surface area contributed by atoms with Gasteiger partial charge in [-0.05, 0) is 18.2 Å². The van der Waals surface area contributed by atoms with Crippen molar-refractivity contribution in [1.82, 2.24) is 9.88 Å². The molecule has 1 fully saturated rings. The highest BCUT2D eigenvalue weighted by Gasteiger charge is 2.12. The normalized spacial score (nSPS) is 20.3. The molecule has 0 amide bonds. The van der Waals surface area contributed by atoms with E-state index in [9.17, 15) is 5.11 Å². The van der Waals surface area contributed by atoms with Crippen LogP contribution >= 0.6 is 0 Å². The Morgan fingerprint density at radius 3 is 3.00 bits per heavy atom. The molecule has 4 nitrogen and oxygen atoms in total. The Hall–Kier alpha value is -1.10. The van der Waals surface area contributed by atoms with Gasteiger partial charge in [-0.15, -0.1) is 0 Å². The van der Waals surface area contributed by atoms with Crippen molar-refractivity contribution in [2.45, 2.75) is 6.10 Å². The van der Waals surface area contributed by atoms with Crippen molar-refractivity contribution < 1.29 is 9.84 Å². The minimum Gasteiger partial charge on any atom is -0.388 e. The van der Waals surface area contributed by atoms with Gasteiger partial charge in [0.15, 0.2) is 0 Å². The number of aliphatic hydroxyl groups excluding tert-OH is 1. The third-order valence-electron chi connectivity index (χ3n) is 2.67. The minimum atomic E-state index is -0.415. The number of aromatic nitrogens is 1. The molecule has 2 heterocycles. The van der Waals surface area contributed by atoms with E-state index >= 15 is 0 Å². The molecular formula is C12H18N2O2. The van der Waals surface area contributed by atoms with Crippen LogP contribution in [0.5, 0.6) is 0 Å². The molecule has 1 atom stereocenters. The van der Waals surface area contributed by atoms with Gasteiger partial charge in [0.2, 0.25) is 0 Å². The number of aliphatic hydroxyl groups is 1. The summed E-state index contributed by atoms with van der Waals surface area (Å²) in [5, 5.41) is 9.82. The van der Waals surface area contributed by atoms with E-state index in [1.165, 1.54) is 0 Å². The second kappa shape index (κ2) is 5.84. The van der Waals surface area contributed by atoms with Crippen LogP contribution in [-0.2, 0) is 4.74 Å². The van der Waals surface area contributed by atoms with Crippen molar-refractivity contribution in [3.8, 4) is 0 Å². The van der Waals surface area contributed by atoms with Gasteiger partial charge in [0.1, 0.15) is 0 Å². The smallest absolute Gasteiger partial charge is 0.0851 e. The molecule has 2 rings (SSSR count). The van der Waals surface area contributed by atoms with Gasteiger partial charge in [-0.25, -0.2) is 0 Å². The first kappa shape index (κ1) is 11.4. The summed E-state index contributed by atoms with van der Waals surface area (Å²) in [7, 11) is 0. The monoisotopic (exact) mass is 222 g/mol. The molecule has 88 valence electrons. The highest BCUT2D eigenvalue weighted by atomic mass is 16.5. The van der Waals surface area contributed by atoms with Gasteiger partial charge in [-0.2, -0.15) is 0 Å². The van der Waals surface area contributed by atoms with Crippen LogP contribution in [0.25, 0.3) is 6.08 Å². The predicted octanol–water partition coefficient (Wildman–Crippen LogP) is 0.721. The van der Waals surface area contributed by atoms with E-state index in [0.29, 0.717) is 6.54 Å². The summed E-state index contributed by atoms with van der Waals surface area (Å²) in [5.74, 6) is 0. The van der Waals surface area contributed by atoms with Gasteiger partial charge in [-0.3, -0.25) is 4.90 Å². The summed E-state index contributed by atoms with van der Waals surface area (Å²) >= 11 is 0. The second-order valence-corrected chi connectivity index (χ2v) is 3.96. The van der Waals surface area contributed by atoms with Gasteiger partial charge in [0.25, 0.3) is 0 Å². The molecule has 0 aromatic carbocycles. The van der Waals surface area contributed by atoms with Crippen molar-refractivity contribution in [1.29, 1.82) is 0 Å². The van der Waals surface area contributed by atoms with Crippen molar-refractivity contribution in [2.24, 2.45) is 0 Å². The fourth-order valence-electron chi connectivity index (χ4n) is 1.77. The maximum absolute atomic E-state index is 9.82. The maximum atomic E-state index is 9.82. The molecular weight excluding hydrogens is 204 g/mol. The molecule has 4 heteroatoms. The average Bonchev–Trinajstić information content (AvgIpc) is 2.81. The predicted molar refractivity (Wildman–Crippen MR) is 63.1 cm³/mol. The number of rotatable bonds is 4. The zero-order valence-corrected chi connectivity index (χ0v) is 9.30. The lowest BCUT2D eigenvalue weighted by Crippen LogP contribution is -2.40. The van der Waals surface area contributed by atoms with Crippen LogP contribution in [0.3, 0.4) is 0 Å². The van der Waals surface area contributed by atoms with E-state index in [0.717, 1.165) is 32.0 Å². The molecule has 0 spiro atoms. The lowest BCUT2D eigenvalue weighted by Gasteiger charge is -2.27. The van der Waals surface area contributed by atoms with Crippen molar-refractivity contribution in [3.63, 3.8) is 0 Å². The molecule has 0 bridgehead atoms. The van der Waals surface area contributed by atoms with Crippen LogP contribution in [0.1, 0.15) is 5.69 Å². The number of nitrogens with one attached hydrogen (secondary N) is 1. The number of nitrogens with zero attached hydrogens (tertiary/aromatic N) is 1. The van der Waals surface area contributed by atoms with E-state index in [4.69, 9.17) is 4.74 Å². The number of hydrogen-bond acceptors (Lipinski definition) is 3. The molecule has 1 unspecified atom stereocenters. The van der Waals surface area contributed by atoms with E-state index in [2.05, 4.69) is 9.88 Å². The summed E-state index contributed by atoms with van der Waals surface area (Å²) in [6.07, 6.45) is 5.18. The number of β-amino-alcohol motifs (C(OH)–C–C–N with tert-alkyl or cyclic N) is 1. The topological polar surface area (TPSA) is 48.5 Å². The SMILES string of the molecule is OC(/C=C\c1ccc[nH]1)CN1CCOCC1. The third-order valence-corrected chi connectivity index (χ3v) is 2.67. The Morgan fingerprint density at radius 1 is 1.50 bits per heavy atom. The van der Waals surface area contributed by atoms with Gasteiger partial charge < -0.3 is 14.8 Å². The maximum Gasteiger partial charge on any atom is 0.0851 e. The van der Waals surface area contributed by atoms with Crippen molar-refractivity contribution in [3.05, 3.63) is 30.1 Å². The van der Waals surface area contributed by atoms with E-state index in [1.54, 1.807) is 0 Å². The fraction of sp³-hybridized carbons (Fsp3) is 0.500. The van der Waals surface area contributed by atoms with Crippen molar-refractivity contribution in [2.75, 3.05) is 32.8 Å². The number of morpholine rings is 1. The standard InChI is InChI=1S/C12H18N2O2/c15-12(4-3-11-2-1-5-13-11)10-14-6-8-16-9-7-14/h1-5,12-13,15H,6-10H2/b4-3-.